The van der Waals surface area contributed by atoms with Crippen LogP contribution in [0.1, 0.15) is 12.0 Å². The van der Waals surface area contributed by atoms with Crippen molar-refractivity contribution in [3.05, 3.63) is 54.1 Å². The van der Waals surface area contributed by atoms with Crippen LogP contribution in [0.5, 0.6) is 10.9 Å². The molecule has 2 N–H and O–H groups in total. The second kappa shape index (κ2) is 6.51. The van der Waals surface area contributed by atoms with E-state index >= 15 is 0 Å². The van der Waals surface area contributed by atoms with Crippen LogP contribution in [-0.4, -0.2) is 46.0 Å². The zero-order valence-corrected chi connectivity index (χ0v) is 15.6. The molecule has 0 aliphatic carbocycles. The van der Waals surface area contributed by atoms with Crippen molar-refractivity contribution in [3.63, 3.8) is 0 Å². The van der Waals surface area contributed by atoms with E-state index in [1.807, 2.05) is 36.4 Å². The topological polar surface area (TPSA) is 71.7 Å². The predicted octanol–water partition coefficient (Wildman–Crippen LogP) is 3.43. The molecule has 2 saturated heterocycles. The quantitative estimate of drug-likeness (QED) is 0.753. The lowest BCUT2D eigenvalue weighted by Gasteiger charge is -2.33. The SMILES string of the molecule is NC(=O)N1CC2C[C@H]1CN2Cc1ccc(Oc2nc3ccccc3s2)cc1. The smallest absolute Gasteiger partial charge is 0.315 e. The maximum Gasteiger partial charge on any atom is 0.315 e. The molecule has 3 aromatic rings. The van der Waals surface area contributed by atoms with Crippen molar-refractivity contribution >= 4 is 27.6 Å². The molecule has 2 atom stereocenters. The Bertz CT molecular complexity index is 954. The minimum Gasteiger partial charge on any atom is -0.431 e. The predicted molar refractivity (Wildman–Crippen MR) is 105 cm³/mol. The summed E-state index contributed by atoms with van der Waals surface area (Å²) in [6, 6.07) is 16.6. The van der Waals surface area contributed by atoms with E-state index in [2.05, 4.69) is 22.0 Å². The summed E-state index contributed by atoms with van der Waals surface area (Å²) in [5.41, 5.74) is 7.64. The molecular formula is C20H20N4O2S. The molecule has 1 aromatic heterocycles. The Hall–Kier alpha value is -2.64. The molecule has 138 valence electrons. The number of urea groups is 1. The van der Waals surface area contributed by atoms with Crippen molar-refractivity contribution in [1.82, 2.24) is 14.8 Å². The first kappa shape index (κ1) is 16.5. The van der Waals surface area contributed by atoms with Gasteiger partial charge < -0.3 is 15.4 Å². The van der Waals surface area contributed by atoms with E-state index < -0.39 is 0 Å². The number of fused-ring (bicyclic) bond motifs is 3. The number of aromatic nitrogens is 1. The lowest BCUT2D eigenvalue weighted by molar-refractivity contribution is 0.137. The molecule has 2 fully saturated rings. The molecular weight excluding hydrogens is 360 g/mol. The molecule has 2 aliphatic heterocycles. The number of hydrogen-bond acceptors (Lipinski definition) is 5. The highest BCUT2D eigenvalue weighted by molar-refractivity contribution is 7.20. The molecule has 0 radical (unpaired) electrons. The standard InChI is InChI=1S/C20H20N4O2S/c21-19(25)24-12-14-9-15(24)11-23(14)10-13-5-7-16(8-6-13)26-20-22-17-3-1-2-4-18(17)27-20/h1-8,14-15H,9-12H2,(H2,21,25)/t14?,15-/m0/s1. The first-order chi connectivity index (χ1) is 13.2. The minimum absolute atomic E-state index is 0.272. The number of ether oxygens (including phenoxy) is 1. The van der Waals surface area contributed by atoms with Gasteiger partial charge in [0.05, 0.1) is 10.2 Å². The molecule has 6 nitrogen and oxygen atoms in total. The van der Waals surface area contributed by atoms with Crippen molar-refractivity contribution in [1.29, 1.82) is 0 Å². The van der Waals surface area contributed by atoms with E-state index in [4.69, 9.17) is 10.5 Å². The summed E-state index contributed by atoms with van der Waals surface area (Å²) in [6.45, 7) is 2.53. The maximum atomic E-state index is 11.4. The fraction of sp³-hybridized carbons (Fsp3) is 0.300. The van der Waals surface area contributed by atoms with Gasteiger partial charge in [-0.05, 0) is 36.2 Å². The van der Waals surface area contributed by atoms with Gasteiger partial charge in [-0.15, -0.1) is 0 Å². The van der Waals surface area contributed by atoms with Crippen molar-refractivity contribution in [3.8, 4) is 10.9 Å². The average molecular weight is 380 g/mol. The van der Waals surface area contributed by atoms with Crippen molar-refractivity contribution in [2.75, 3.05) is 13.1 Å². The number of thiazole rings is 1. The van der Waals surface area contributed by atoms with Crippen LogP contribution >= 0.6 is 11.3 Å². The van der Waals surface area contributed by atoms with E-state index in [0.29, 0.717) is 11.2 Å². The number of benzene rings is 2. The van der Waals surface area contributed by atoms with E-state index in [0.717, 1.165) is 42.0 Å². The van der Waals surface area contributed by atoms with Gasteiger partial charge in [0, 0.05) is 31.7 Å². The Balaban J connectivity index is 1.23. The first-order valence-corrected chi connectivity index (χ1v) is 9.90. The Morgan fingerprint density at radius 1 is 1.15 bits per heavy atom. The largest absolute Gasteiger partial charge is 0.431 e. The van der Waals surface area contributed by atoms with Gasteiger partial charge in [-0.3, -0.25) is 4.90 Å². The summed E-state index contributed by atoms with van der Waals surface area (Å²) in [5, 5.41) is 0.660. The molecule has 3 heterocycles. The molecule has 0 spiro atoms. The summed E-state index contributed by atoms with van der Waals surface area (Å²) in [4.78, 5) is 20.2. The molecule has 27 heavy (non-hydrogen) atoms. The van der Waals surface area contributed by atoms with Gasteiger partial charge in [-0.1, -0.05) is 35.6 Å². The summed E-state index contributed by atoms with van der Waals surface area (Å²) in [7, 11) is 0. The zero-order chi connectivity index (χ0) is 18.4. The highest BCUT2D eigenvalue weighted by atomic mass is 32.1. The number of amides is 2. The number of nitrogens with zero attached hydrogens (tertiary/aromatic N) is 3. The molecule has 0 saturated carbocycles. The minimum atomic E-state index is -0.293. The number of carbonyl (C=O) groups excluding carboxylic acids is 1. The van der Waals surface area contributed by atoms with Gasteiger partial charge >= 0.3 is 6.03 Å². The van der Waals surface area contributed by atoms with Gasteiger partial charge in [-0.25, -0.2) is 9.78 Å². The third-order valence-electron chi connectivity index (χ3n) is 5.43. The van der Waals surface area contributed by atoms with E-state index in [1.54, 1.807) is 16.2 Å². The summed E-state index contributed by atoms with van der Waals surface area (Å²) in [6.07, 6.45) is 1.03. The van der Waals surface area contributed by atoms with Crippen LogP contribution < -0.4 is 10.5 Å². The van der Waals surface area contributed by atoms with Crippen LogP contribution in [0.25, 0.3) is 10.2 Å². The fourth-order valence-corrected chi connectivity index (χ4v) is 4.94. The van der Waals surface area contributed by atoms with Gasteiger partial charge in [0.15, 0.2) is 0 Å². The lowest BCUT2D eigenvalue weighted by Crippen LogP contribution is -2.50. The number of rotatable bonds is 4. The van der Waals surface area contributed by atoms with Crippen LogP contribution in [0.4, 0.5) is 4.79 Å². The van der Waals surface area contributed by atoms with Crippen molar-refractivity contribution in [2.45, 2.75) is 25.0 Å². The molecule has 2 aromatic carbocycles. The fourth-order valence-electron chi connectivity index (χ4n) is 4.11. The summed E-state index contributed by atoms with van der Waals surface area (Å²) >= 11 is 1.55. The second-order valence-corrected chi connectivity index (χ2v) is 8.15. The lowest BCUT2D eigenvalue weighted by atomic mass is 10.2. The number of para-hydroxylation sites is 1. The zero-order valence-electron chi connectivity index (χ0n) is 14.7. The van der Waals surface area contributed by atoms with E-state index in [9.17, 15) is 4.79 Å². The normalized spacial score (nSPS) is 21.9. The number of carbonyl (C=O) groups is 1. The number of likely N-dealkylation sites (tertiary alicyclic amines) is 2. The van der Waals surface area contributed by atoms with Crippen LogP contribution in [0.3, 0.4) is 0 Å². The number of piperazine rings is 1. The molecule has 2 amide bonds. The van der Waals surface area contributed by atoms with Gasteiger partial charge in [0.25, 0.3) is 5.19 Å². The van der Waals surface area contributed by atoms with Crippen LogP contribution in [-0.2, 0) is 6.54 Å². The van der Waals surface area contributed by atoms with Crippen molar-refractivity contribution < 1.29 is 9.53 Å². The van der Waals surface area contributed by atoms with Crippen LogP contribution in [0.2, 0.25) is 0 Å². The van der Waals surface area contributed by atoms with Crippen LogP contribution in [0.15, 0.2) is 48.5 Å². The summed E-state index contributed by atoms with van der Waals surface area (Å²) < 4.78 is 7.04. The van der Waals surface area contributed by atoms with E-state index in [1.165, 1.54) is 5.56 Å². The first-order valence-electron chi connectivity index (χ1n) is 9.08. The highest BCUT2D eigenvalue weighted by Gasteiger charge is 2.44. The maximum absolute atomic E-state index is 11.4. The third kappa shape index (κ3) is 3.13. The van der Waals surface area contributed by atoms with Gasteiger partial charge in [0.1, 0.15) is 5.75 Å². The Morgan fingerprint density at radius 2 is 1.96 bits per heavy atom. The van der Waals surface area contributed by atoms with Crippen molar-refractivity contribution in [2.24, 2.45) is 5.73 Å². The third-order valence-corrected chi connectivity index (χ3v) is 6.34. The molecule has 1 unspecified atom stereocenters. The molecule has 2 bridgehead atoms. The highest BCUT2D eigenvalue weighted by Crippen LogP contribution is 2.33. The van der Waals surface area contributed by atoms with Crippen LogP contribution in [0, 0.1) is 0 Å². The number of nitrogens with two attached hydrogens (primary N) is 1. The summed E-state index contributed by atoms with van der Waals surface area (Å²) in [5.74, 6) is 0.792. The molecule has 5 rings (SSSR count). The van der Waals surface area contributed by atoms with Gasteiger partial charge in [0.2, 0.25) is 0 Å². The Kier molecular flexibility index (Phi) is 3.98. The van der Waals surface area contributed by atoms with E-state index in [-0.39, 0.29) is 12.1 Å². The number of primary amides is 1. The Morgan fingerprint density at radius 3 is 2.67 bits per heavy atom. The average Bonchev–Trinajstić information content (AvgIpc) is 3.36. The molecule has 2 aliphatic rings. The monoisotopic (exact) mass is 380 g/mol. The van der Waals surface area contributed by atoms with Gasteiger partial charge in [-0.2, -0.15) is 0 Å². The number of hydrogen-bond donors (Lipinski definition) is 1. The second-order valence-electron chi connectivity index (χ2n) is 7.16. The molecule has 7 heteroatoms. The Labute approximate surface area is 161 Å².